The van der Waals surface area contributed by atoms with Crippen LogP contribution in [0.15, 0.2) is 37.0 Å². The summed E-state index contributed by atoms with van der Waals surface area (Å²) in [4.78, 5) is 51.6. The predicted molar refractivity (Wildman–Crippen MR) is 190 cm³/mol. The van der Waals surface area contributed by atoms with E-state index in [9.17, 15) is 9.59 Å². The van der Waals surface area contributed by atoms with Crippen molar-refractivity contribution in [1.29, 1.82) is 0 Å². The molecule has 0 aromatic carbocycles. The zero-order chi connectivity index (χ0) is 34.9. The molecular formula is C35H44N12O4. The molecule has 0 aliphatic heterocycles. The molecule has 4 atom stereocenters. The Kier molecular flexibility index (Phi) is 9.13. The lowest BCUT2D eigenvalue weighted by atomic mass is 10.1. The number of nitrogens with two attached hydrogens (primary N) is 2. The largest absolute Gasteiger partial charge is 0.465 e. The summed E-state index contributed by atoms with van der Waals surface area (Å²) in [5, 5.41) is 6.78. The summed E-state index contributed by atoms with van der Waals surface area (Å²) in [7, 11) is 0. The second-order valence-electron chi connectivity index (χ2n) is 14.2. The number of allylic oxidation sites excluding steroid dienone is 2. The van der Waals surface area contributed by atoms with Gasteiger partial charge in [-0.1, -0.05) is 30.7 Å². The molecule has 6 N–H and O–H groups in total. The number of ether oxygens (including phenoxy) is 2. The van der Waals surface area contributed by atoms with E-state index in [0.29, 0.717) is 84.9 Å². The van der Waals surface area contributed by atoms with Gasteiger partial charge < -0.3 is 40.7 Å². The number of nitrogen functional groups attached to an aromatic ring is 2. The fraction of sp³-hybridized carbons (Fsp3) is 0.543. The number of aromatic nitrogens is 8. The van der Waals surface area contributed by atoms with Crippen molar-refractivity contribution in [2.75, 3.05) is 35.3 Å². The van der Waals surface area contributed by atoms with Crippen LogP contribution in [0, 0.1) is 11.8 Å². The minimum absolute atomic E-state index is 0.0437. The number of carbonyl (C=O) groups is 2. The van der Waals surface area contributed by atoms with Crippen molar-refractivity contribution < 1.29 is 19.1 Å². The average Bonchev–Trinajstić information content (AvgIpc) is 3.84. The molecule has 8 rings (SSSR count). The van der Waals surface area contributed by atoms with Gasteiger partial charge in [0, 0.05) is 36.8 Å². The van der Waals surface area contributed by atoms with E-state index in [-0.39, 0.29) is 47.8 Å². The molecule has 4 heterocycles. The van der Waals surface area contributed by atoms with Crippen molar-refractivity contribution in [2.24, 2.45) is 11.8 Å². The zero-order valence-corrected chi connectivity index (χ0v) is 28.5. The molecule has 16 heteroatoms. The van der Waals surface area contributed by atoms with Gasteiger partial charge in [-0.15, -0.1) is 0 Å². The van der Waals surface area contributed by atoms with Gasteiger partial charge >= 0.3 is 11.9 Å². The van der Waals surface area contributed by atoms with Crippen molar-refractivity contribution in [2.45, 2.75) is 94.8 Å². The van der Waals surface area contributed by atoms with Gasteiger partial charge in [0.1, 0.15) is 0 Å². The molecule has 16 nitrogen and oxygen atoms in total. The number of nitrogens with one attached hydrogen (secondary N) is 2. The van der Waals surface area contributed by atoms with E-state index in [1.165, 1.54) is 0 Å². The summed E-state index contributed by atoms with van der Waals surface area (Å²) in [5.74, 6) is 1.54. The summed E-state index contributed by atoms with van der Waals surface area (Å²) in [6, 6.07) is 0.932. The maximum absolute atomic E-state index is 12.4. The lowest BCUT2D eigenvalue weighted by molar-refractivity contribution is -0.145. The van der Waals surface area contributed by atoms with E-state index in [4.69, 9.17) is 20.9 Å². The summed E-state index contributed by atoms with van der Waals surface area (Å²) < 4.78 is 15.2. The van der Waals surface area contributed by atoms with E-state index in [1.54, 1.807) is 12.7 Å². The number of carbonyl (C=O) groups excluding carboxylic acids is 2. The Morgan fingerprint density at radius 3 is 1.55 bits per heavy atom. The Hall–Kier alpha value is -5.28. The van der Waals surface area contributed by atoms with Gasteiger partial charge in [-0.25, -0.2) is 9.97 Å². The Morgan fingerprint density at radius 2 is 1.12 bits per heavy atom. The number of esters is 2. The number of fused-ring (bicyclic) bond motifs is 2. The first-order valence-corrected chi connectivity index (χ1v) is 18.1. The number of rotatable bonds is 16. The van der Waals surface area contributed by atoms with Crippen LogP contribution in [0.2, 0.25) is 0 Å². The van der Waals surface area contributed by atoms with Crippen molar-refractivity contribution in [1.82, 2.24) is 39.0 Å². The van der Waals surface area contributed by atoms with Crippen LogP contribution in [0.5, 0.6) is 0 Å². The van der Waals surface area contributed by atoms with E-state index in [0.717, 1.165) is 44.9 Å². The highest BCUT2D eigenvalue weighted by atomic mass is 16.5. The maximum atomic E-state index is 12.4. The minimum Gasteiger partial charge on any atom is -0.465 e. The monoisotopic (exact) mass is 696 g/mol. The van der Waals surface area contributed by atoms with Gasteiger partial charge in [0.2, 0.25) is 11.9 Å². The van der Waals surface area contributed by atoms with Gasteiger partial charge in [-0.05, 0) is 51.4 Å². The number of hydrogen-bond donors (Lipinski definition) is 4. The van der Waals surface area contributed by atoms with Crippen molar-refractivity contribution in [3.63, 3.8) is 0 Å². The SMILES string of the molecule is Nc1nc(NC2CC2)c2ncn([C@@H]3C=C[C@H](COC(=O)CCCCCC(=O)OC[C@H]4C=C[C@@H](n5cnc6c(NC7CC7)nc(N)nc65)C4)C3)c2n1. The van der Waals surface area contributed by atoms with Crippen LogP contribution in [-0.4, -0.2) is 76.3 Å². The van der Waals surface area contributed by atoms with E-state index in [1.807, 2.05) is 9.13 Å². The Morgan fingerprint density at radius 1 is 0.667 bits per heavy atom. The van der Waals surface area contributed by atoms with Gasteiger partial charge in [-0.2, -0.15) is 19.9 Å². The smallest absolute Gasteiger partial charge is 0.305 e. The van der Waals surface area contributed by atoms with Crippen LogP contribution in [0.1, 0.15) is 82.7 Å². The number of nitrogens with zero attached hydrogens (tertiary/aromatic N) is 8. The quantitative estimate of drug-likeness (QED) is 0.0732. The van der Waals surface area contributed by atoms with Crippen LogP contribution in [-0.2, 0) is 19.1 Å². The molecule has 0 bridgehead atoms. The highest BCUT2D eigenvalue weighted by molar-refractivity contribution is 5.85. The second-order valence-corrected chi connectivity index (χ2v) is 14.2. The van der Waals surface area contributed by atoms with Gasteiger partial charge in [0.25, 0.3) is 0 Å². The molecule has 0 unspecified atom stereocenters. The van der Waals surface area contributed by atoms with Crippen molar-refractivity contribution in [3.05, 3.63) is 37.0 Å². The van der Waals surface area contributed by atoms with Crippen LogP contribution in [0.4, 0.5) is 23.5 Å². The lowest BCUT2D eigenvalue weighted by Gasteiger charge is -2.15. The highest BCUT2D eigenvalue weighted by Crippen LogP contribution is 2.35. The summed E-state index contributed by atoms with van der Waals surface area (Å²) in [6.45, 7) is 0.648. The molecule has 4 aliphatic rings. The normalized spacial score (nSPS) is 22.6. The van der Waals surface area contributed by atoms with Gasteiger partial charge in [-0.3, -0.25) is 9.59 Å². The van der Waals surface area contributed by atoms with Gasteiger partial charge in [0.05, 0.1) is 38.0 Å². The number of imidazole rings is 2. The van der Waals surface area contributed by atoms with Crippen molar-refractivity contribution in [3.8, 4) is 0 Å². The Balaban J connectivity index is 0.706. The third-order valence-corrected chi connectivity index (χ3v) is 9.91. The fourth-order valence-corrected chi connectivity index (χ4v) is 6.82. The fourth-order valence-electron chi connectivity index (χ4n) is 6.82. The molecule has 4 aliphatic carbocycles. The number of unbranched alkanes of at least 4 members (excludes halogenated alkanes) is 2. The highest BCUT2D eigenvalue weighted by Gasteiger charge is 2.29. The summed E-state index contributed by atoms with van der Waals surface area (Å²) in [5.41, 5.74) is 14.8. The first kappa shape index (κ1) is 32.9. The Labute approximate surface area is 294 Å². The average molecular weight is 697 g/mol. The summed E-state index contributed by atoms with van der Waals surface area (Å²) in [6.07, 6.45) is 20.6. The third kappa shape index (κ3) is 7.73. The first-order valence-electron chi connectivity index (χ1n) is 18.1. The molecule has 4 aromatic rings. The molecule has 268 valence electrons. The second kappa shape index (κ2) is 14.2. The third-order valence-electron chi connectivity index (χ3n) is 9.91. The summed E-state index contributed by atoms with van der Waals surface area (Å²) >= 11 is 0. The first-order chi connectivity index (χ1) is 24.9. The zero-order valence-electron chi connectivity index (χ0n) is 28.5. The van der Waals surface area contributed by atoms with Crippen LogP contribution in [0.25, 0.3) is 22.3 Å². The number of hydrogen-bond acceptors (Lipinski definition) is 14. The molecule has 0 radical (unpaired) electrons. The number of anilines is 4. The van der Waals surface area contributed by atoms with E-state index in [2.05, 4.69) is 64.8 Å². The van der Waals surface area contributed by atoms with Crippen LogP contribution >= 0.6 is 0 Å². The van der Waals surface area contributed by atoms with E-state index >= 15 is 0 Å². The molecule has 0 amide bonds. The maximum Gasteiger partial charge on any atom is 0.305 e. The van der Waals surface area contributed by atoms with Crippen molar-refractivity contribution >= 4 is 57.8 Å². The minimum atomic E-state index is -0.225. The van der Waals surface area contributed by atoms with E-state index < -0.39 is 0 Å². The van der Waals surface area contributed by atoms with Crippen LogP contribution < -0.4 is 22.1 Å². The standard InChI is InChI=1S/C35H44N12O4/c36-34-42-30(40-22-8-9-22)28-32(44-34)46(18-38-28)24-12-6-20(14-24)16-50-26(48)4-2-1-3-5-27(49)51-17-21-7-13-25(15-21)47-19-39-29-31(41-23-10-11-23)43-35(37)45-33(29)47/h6-7,12-13,18-25H,1-5,8-11,14-17H2,(H3,36,40,42,44)(H3,37,41,43,45)/t20-,21-,24+,25+/m0/s1. The van der Waals surface area contributed by atoms with Gasteiger partial charge in [0.15, 0.2) is 34.0 Å². The molecule has 51 heavy (non-hydrogen) atoms. The topological polar surface area (TPSA) is 216 Å². The Bertz CT molecular complexity index is 1840. The van der Waals surface area contributed by atoms with Crippen LogP contribution in [0.3, 0.4) is 0 Å². The molecule has 4 aromatic heterocycles. The molecule has 2 saturated carbocycles. The molecular weight excluding hydrogens is 652 g/mol. The predicted octanol–water partition coefficient (Wildman–Crippen LogP) is 4.25. The molecule has 0 saturated heterocycles. The lowest BCUT2D eigenvalue weighted by Crippen LogP contribution is -2.14. The molecule has 0 spiro atoms. The molecule has 2 fully saturated rings.